The van der Waals surface area contributed by atoms with E-state index in [0.717, 1.165) is 24.9 Å². The van der Waals surface area contributed by atoms with Gasteiger partial charge in [-0.15, -0.1) is 12.4 Å². The van der Waals surface area contributed by atoms with Gasteiger partial charge in [-0.2, -0.15) is 0 Å². The Hall–Kier alpha value is -0.770. The quantitative estimate of drug-likeness (QED) is 0.901. The molecule has 0 bridgehead atoms. The van der Waals surface area contributed by atoms with Crippen LogP contribution in [-0.2, 0) is 11.3 Å². The van der Waals surface area contributed by atoms with Crippen LogP contribution in [0.2, 0.25) is 5.02 Å². The van der Waals surface area contributed by atoms with Gasteiger partial charge in [0.05, 0.1) is 0 Å². The molecule has 2 N–H and O–H groups in total. The molecule has 106 valence electrons. The van der Waals surface area contributed by atoms with Gasteiger partial charge in [0, 0.05) is 23.5 Å². The zero-order valence-corrected chi connectivity index (χ0v) is 12.6. The van der Waals surface area contributed by atoms with Gasteiger partial charge in [-0.25, -0.2) is 0 Å². The van der Waals surface area contributed by atoms with E-state index in [0.29, 0.717) is 17.6 Å². The van der Waals surface area contributed by atoms with Crippen molar-refractivity contribution in [3.8, 4) is 0 Å². The van der Waals surface area contributed by atoms with Crippen LogP contribution >= 0.6 is 24.0 Å². The lowest BCUT2D eigenvalue weighted by Crippen LogP contribution is -2.42. The zero-order chi connectivity index (χ0) is 13.0. The van der Waals surface area contributed by atoms with Crippen molar-refractivity contribution in [1.82, 2.24) is 10.6 Å². The van der Waals surface area contributed by atoms with Crippen LogP contribution in [0.25, 0.3) is 0 Å². The predicted octanol–water partition coefficient (Wildman–Crippen LogP) is 2.77. The topological polar surface area (TPSA) is 41.1 Å². The summed E-state index contributed by atoms with van der Waals surface area (Å²) < 4.78 is 0. The Kier molecular flexibility index (Phi) is 6.63. The highest BCUT2D eigenvalue weighted by Crippen LogP contribution is 2.18. The van der Waals surface area contributed by atoms with E-state index in [1.165, 1.54) is 0 Å². The van der Waals surface area contributed by atoms with Gasteiger partial charge < -0.3 is 10.6 Å². The first-order valence-electron chi connectivity index (χ1n) is 6.41. The van der Waals surface area contributed by atoms with Crippen molar-refractivity contribution in [1.29, 1.82) is 0 Å². The molecule has 1 amide bonds. The van der Waals surface area contributed by atoms with E-state index in [-0.39, 0.29) is 24.2 Å². The minimum Gasteiger partial charge on any atom is -0.352 e. The van der Waals surface area contributed by atoms with Crippen molar-refractivity contribution in [3.05, 3.63) is 34.9 Å². The van der Waals surface area contributed by atoms with E-state index in [2.05, 4.69) is 17.6 Å². The van der Waals surface area contributed by atoms with Gasteiger partial charge >= 0.3 is 0 Å². The summed E-state index contributed by atoms with van der Waals surface area (Å²) in [4.78, 5) is 12.0. The lowest BCUT2D eigenvalue weighted by atomic mass is 9.92. The maximum Gasteiger partial charge on any atom is 0.223 e. The summed E-state index contributed by atoms with van der Waals surface area (Å²) in [6.45, 7) is 3.55. The van der Waals surface area contributed by atoms with Gasteiger partial charge in [0.15, 0.2) is 0 Å². The number of rotatable bonds is 3. The normalized spacial score (nSPS) is 22.4. The monoisotopic (exact) mass is 302 g/mol. The Morgan fingerprint density at radius 2 is 2.21 bits per heavy atom. The number of amides is 1. The van der Waals surface area contributed by atoms with Crippen LogP contribution in [0.5, 0.6) is 0 Å². The fraction of sp³-hybridized carbons (Fsp3) is 0.500. The maximum atomic E-state index is 12.0. The third-order valence-electron chi connectivity index (χ3n) is 3.41. The first kappa shape index (κ1) is 16.3. The minimum absolute atomic E-state index is 0. The molecule has 1 aliphatic heterocycles. The maximum absolute atomic E-state index is 12.0. The van der Waals surface area contributed by atoms with E-state index in [1.54, 1.807) is 0 Å². The molecule has 0 radical (unpaired) electrons. The van der Waals surface area contributed by atoms with Crippen LogP contribution in [0, 0.1) is 5.92 Å². The molecule has 1 aromatic carbocycles. The van der Waals surface area contributed by atoms with Crippen LogP contribution < -0.4 is 10.6 Å². The van der Waals surface area contributed by atoms with Gasteiger partial charge in [-0.3, -0.25) is 4.79 Å². The van der Waals surface area contributed by atoms with Crippen LogP contribution in [-0.4, -0.2) is 18.5 Å². The molecule has 2 atom stereocenters. The van der Waals surface area contributed by atoms with Gasteiger partial charge in [0.25, 0.3) is 0 Å². The first-order chi connectivity index (χ1) is 8.66. The van der Waals surface area contributed by atoms with Crippen molar-refractivity contribution >= 4 is 29.9 Å². The summed E-state index contributed by atoms with van der Waals surface area (Å²) in [5.74, 6) is 0.270. The number of piperidine rings is 1. The molecule has 0 aliphatic carbocycles. The summed E-state index contributed by atoms with van der Waals surface area (Å²) in [6.07, 6.45) is 1.83. The summed E-state index contributed by atoms with van der Waals surface area (Å²) in [5.41, 5.74) is 0.967. The Bertz CT molecular complexity index is 426. The van der Waals surface area contributed by atoms with E-state index in [1.807, 2.05) is 24.3 Å². The molecule has 19 heavy (non-hydrogen) atoms. The number of hydrogen-bond donors (Lipinski definition) is 2. The van der Waals surface area contributed by atoms with Crippen LogP contribution in [0.4, 0.5) is 0 Å². The molecule has 0 unspecified atom stereocenters. The smallest absolute Gasteiger partial charge is 0.223 e. The third-order valence-corrected chi connectivity index (χ3v) is 3.77. The molecular formula is C14H20Cl2N2O. The average Bonchev–Trinajstić information content (AvgIpc) is 2.37. The van der Waals surface area contributed by atoms with Crippen LogP contribution in [0.3, 0.4) is 0 Å². The second-order valence-electron chi connectivity index (χ2n) is 4.89. The number of hydrogen-bond acceptors (Lipinski definition) is 2. The van der Waals surface area contributed by atoms with Crippen molar-refractivity contribution in [2.75, 3.05) is 6.54 Å². The van der Waals surface area contributed by atoms with E-state index in [9.17, 15) is 4.79 Å². The van der Waals surface area contributed by atoms with Crippen LogP contribution in [0.15, 0.2) is 24.3 Å². The third kappa shape index (κ3) is 4.68. The number of carbonyl (C=O) groups excluding carboxylic acids is 1. The molecule has 0 saturated carbocycles. The summed E-state index contributed by atoms with van der Waals surface area (Å²) >= 11 is 6.06. The van der Waals surface area contributed by atoms with Crippen molar-refractivity contribution in [3.63, 3.8) is 0 Å². The van der Waals surface area contributed by atoms with Crippen molar-refractivity contribution in [2.45, 2.75) is 32.4 Å². The molecule has 1 heterocycles. The van der Waals surface area contributed by atoms with Gasteiger partial charge in [0.1, 0.15) is 0 Å². The number of carbonyl (C=O) groups is 1. The molecule has 1 aliphatic rings. The molecule has 0 aromatic heterocycles. The minimum atomic E-state index is 0. The second-order valence-corrected chi connectivity index (χ2v) is 5.29. The highest BCUT2D eigenvalue weighted by Gasteiger charge is 2.24. The number of benzene rings is 1. The number of halogens is 2. The molecule has 1 aromatic rings. The molecule has 1 saturated heterocycles. The van der Waals surface area contributed by atoms with Crippen molar-refractivity contribution in [2.24, 2.45) is 5.92 Å². The lowest BCUT2D eigenvalue weighted by molar-refractivity contribution is -0.126. The second kappa shape index (κ2) is 7.73. The highest BCUT2D eigenvalue weighted by molar-refractivity contribution is 6.31. The fourth-order valence-electron chi connectivity index (χ4n) is 2.34. The molecule has 2 rings (SSSR count). The molecule has 0 spiro atoms. The van der Waals surface area contributed by atoms with Crippen molar-refractivity contribution < 1.29 is 4.79 Å². The Labute approximate surface area is 125 Å². The van der Waals surface area contributed by atoms with Crippen LogP contribution in [0.1, 0.15) is 25.3 Å². The largest absolute Gasteiger partial charge is 0.352 e. The highest BCUT2D eigenvalue weighted by atomic mass is 35.5. The zero-order valence-electron chi connectivity index (χ0n) is 11.0. The molecular weight excluding hydrogens is 283 g/mol. The SMILES string of the molecule is C[C@H]1C[C@@H](C(=O)NCc2ccccc2Cl)CCN1.Cl. The fourth-order valence-corrected chi connectivity index (χ4v) is 2.54. The lowest BCUT2D eigenvalue weighted by Gasteiger charge is -2.27. The first-order valence-corrected chi connectivity index (χ1v) is 6.79. The Morgan fingerprint density at radius 1 is 1.47 bits per heavy atom. The van der Waals surface area contributed by atoms with E-state index < -0.39 is 0 Å². The Morgan fingerprint density at radius 3 is 2.89 bits per heavy atom. The summed E-state index contributed by atoms with van der Waals surface area (Å²) in [7, 11) is 0. The van der Waals surface area contributed by atoms with Gasteiger partial charge in [-0.1, -0.05) is 29.8 Å². The average molecular weight is 303 g/mol. The summed E-state index contributed by atoms with van der Waals surface area (Å²) in [6, 6.07) is 8.03. The predicted molar refractivity (Wildman–Crippen MR) is 80.7 cm³/mol. The van der Waals surface area contributed by atoms with E-state index in [4.69, 9.17) is 11.6 Å². The molecule has 1 fully saturated rings. The summed E-state index contributed by atoms with van der Waals surface area (Å²) in [5, 5.41) is 7.03. The van der Waals surface area contributed by atoms with E-state index >= 15 is 0 Å². The Balaban J connectivity index is 0.00000180. The standard InChI is InChI=1S/C14H19ClN2O.ClH/c1-10-8-11(6-7-16-10)14(18)17-9-12-4-2-3-5-13(12)15;/h2-5,10-11,16H,6-9H2,1H3,(H,17,18);1H/t10-,11-;/m0./s1. The molecule has 5 heteroatoms. The van der Waals surface area contributed by atoms with Gasteiger partial charge in [0.2, 0.25) is 5.91 Å². The molecule has 3 nitrogen and oxygen atoms in total. The number of nitrogens with one attached hydrogen (secondary N) is 2. The van der Waals surface area contributed by atoms with Gasteiger partial charge in [-0.05, 0) is 37.9 Å².